The van der Waals surface area contributed by atoms with Crippen LogP contribution in [-0.4, -0.2) is 134 Å². The molecule has 0 unspecified atom stereocenters. The van der Waals surface area contributed by atoms with Gasteiger partial charge in [0.25, 0.3) is 0 Å². The van der Waals surface area contributed by atoms with Gasteiger partial charge in [-0.15, -0.1) is 0 Å². The number of hydrogen-bond acceptors (Lipinski definition) is 12. The van der Waals surface area contributed by atoms with Crippen LogP contribution in [0.1, 0.15) is 84.3 Å². The topological polar surface area (TPSA) is 379 Å². The molecule has 7 amide bonds. The molecule has 13 N–H and O–H groups in total. The Kier molecular flexibility index (Phi) is 24.0. The Hall–Kier alpha value is -7.43. The van der Waals surface area contributed by atoms with Gasteiger partial charge in [-0.2, -0.15) is 0 Å². The third kappa shape index (κ3) is 21.4. The van der Waals surface area contributed by atoms with Crippen molar-refractivity contribution in [2.24, 2.45) is 17.6 Å². The molecule has 0 aromatic heterocycles. The first kappa shape index (κ1) is 57.7. The van der Waals surface area contributed by atoms with E-state index in [4.69, 9.17) is 10.8 Å². The number of aliphatic carboxylic acids is 4. The lowest BCUT2D eigenvalue weighted by Crippen LogP contribution is -2.59. The predicted molar refractivity (Wildman–Crippen MR) is 245 cm³/mol. The molecule has 2 aromatic rings. The van der Waals surface area contributed by atoms with Crippen LogP contribution in [0.4, 0.5) is 0 Å². The fourth-order valence-corrected chi connectivity index (χ4v) is 6.74. The SMILES string of the molecule is CC(C)[C@H](NC(=O)[C@@H](NC(=O)[C@@H](N)CCC(=O)O)C(C)C)C(=O)N[C@H](CC(=O)N[C@@H](CC(=O)O)C(=O)N[C@@H](C)C(=O)N[C@@H](CCC(=O)O)C(=O)N[C@@H](Cc1ccccc1)C(=O)O)Cc1ccccc1. The maximum atomic E-state index is 13.9. The van der Waals surface area contributed by atoms with Gasteiger partial charge in [0.1, 0.15) is 36.3 Å². The van der Waals surface area contributed by atoms with E-state index in [0.29, 0.717) is 11.1 Å². The van der Waals surface area contributed by atoms with Crippen molar-refractivity contribution in [2.45, 2.75) is 134 Å². The van der Waals surface area contributed by atoms with Crippen molar-refractivity contribution in [2.75, 3.05) is 0 Å². The van der Waals surface area contributed by atoms with Gasteiger partial charge < -0.3 is 63.4 Å². The molecule has 2 rings (SSSR count). The van der Waals surface area contributed by atoms with Gasteiger partial charge >= 0.3 is 23.9 Å². The quantitative estimate of drug-likeness (QED) is 0.0456. The van der Waals surface area contributed by atoms with Gasteiger partial charge in [0.15, 0.2) is 0 Å². The number of carbonyl (C=O) groups excluding carboxylic acids is 7. The molecule has 8 atom stereocenters. The molecule has 0 aliphatic rings. The molecular formula is C46H64N8O15. The van der Waals surface area contributed by atoms with Crippen LogP contribution in [0.25, 0.3) is 0 Å². The normalized spacial score (nSPS) is 14.5. The molecule has 0 spiro atoms. The molecule has 0 fully saturated rings. The zero-order chi connectivity index (χ0) is 52.0. The van der Waals surface area contributed by atoms with Gasteiger partial charge in [-0.1, -0.05) is 88.4 Å². The van der Waals surface area contributed by atoms with Crippen LogP contribution in [0.3, 0.4) is 0 Å². The van der Waals surface area contributed by atoms with Crippen LogP contribution in [0.2, 0.25) is 0 Å². The number of rotatable bonds is 30. The van der Waals surface area contributed by atoms with E-state index in [1.54, 1.807) is 88.4 Å². The van der Waals surface area contributed by atoms with Crippen LogP contribution in [0.15, 0.2) is 60.7 Å². The van der Waals surface area contributed by atoms with Crippen LogP contribution >= 0.6 is 0 Å². The standard InChI is InChI=1S/C46H64N8O15/c1-24(2)38(54-45(67)39(25(3)4)53-41(63)30(47)16-18-35(56)57)44(66)49-29(20-27-12-8-6-9-13-27)22-34(55)50-32(23-37(60)61)43(65)48-26(5)40(62)51-31(17-19-36(58)59)42(64)52-33(46(68)69)21-28-14-10-7-11-15-28/h6-15,24-26,29-33,38-39H,16-23,47H2,1-5H3,(H,48,65)(H,49,66)(H,50,55)(H,51,62)(H,52,64)(H,53,63)(H,54,67)(H,56,57)(H,58,59)(H,60,61)(H,68,69)/t26-,29-,30-,31-,32-,33-,38-,39-/m0/s1. The Morgan fingerprint density at radius 2 is 0.928 bits per heavy atom. The van der Waals surface area contributed by atoms with Crippen molar-refractivity contribution >= 4 is 65.2 Å². The summed E-state index contributed by atoms with van der Waals surface area (Å²) < 4.78 is 0. The molecule has 378 valence electrons. The predicted octanol–water partition coefficient (Wildman–Crippen LogP) is -0.796. The maximum Gasteiger partial charge on any atom is 0.326 e. The van der Waals surface area contributed by atoms with Gasteiger partial charge in [0.05, 0.1) is 12.5 Å². The highest BCUT2D eigenvalue weighted by atomic mass is 16.4. The minimum absolute atomic E-state index is 0.0424. The highest BCUT2D eigenvalue weighted by molar-refractivity contribution is 5.97. The van der Waals surface area contributed by atoms with Crippen molar-refractivity contribution in [1.29, 1.82) is 0 Å². The summed E-state index contributed by atoms with van der Waals surface area (Å²) in [5.41, 5.74) is 7.06. The van der Waals surface area contributed by atoms with Crippen molar-refractivity contribution < 1.29 is 73.2 Å². The molecule has 23 heteroatoms. The monoisotopic (exact) mass is 968 g/mol. The Labute approximate surface area is 398 Å². The molecule has 0 bridgehead atoms. The molecule has 69 heavy (non-hydrogen) atoms. The van der Waals surface area contributed by atoms with Crippen molar-refractivity contribution in [3.63, 3.8) is 0 Å². The number of benzene rings is 2. The maximum absolute atomic E-state index is 13.9. The van der Waals surface area contributed by atoms with Gasteiger partial charge in [-0.25, -0.2) is 4.79 Å². The Balaban J connectivity index is 2.25. The van der Waals surface area contributed by atoms with Gasteiger partial charge in [0.2, 0.25) is 41.4 Å². The summed E-state index contributed by atoms with van der Waals surface area (Å²) in [6.45, 7) is 7.71. The van der Waals surface area contributed by atoms with E-state index >= 15 is 0 Å². The first-order valence-corrected chi connectivity index (χ1v) is 22.2. The summed E-state index contributed by atoms with van der Waals surface area (Å²) >= 11 is 0. The van der Waals surface area contributed by atoms with E-state index in [1.807, 2.05) is 0 Å². The van der Waals surface area contributed by atoms with Gasteiger partial charge in [-0.3, -0.25) is 47.9 Å². The lowest BCUT2D eigenvalue weighted by Gasteiger charge is -2.29. The van der Waals surface area contributed by atoms with E-state index in [0.717, 1.165) is 0 Å². The zero-order valence-electron chi connectivity index (χ0n) is 39.1. The van der Waals surface area contributed by atoms with Crippen LogP contribution < -0.4 is 43.0 Å². The zero-order valence-corrected chi connectivity index (χ0v) is 39.1. The fraction of sp³-hybridized carbons (Fsp3) is 0.500. The molecule has 0 aliphatic carbocycles. The second-order valence-electron chi connectivity index (χ2n) is 17.1. The number of nitrogens with one attached hydrogen (secondary N) is 7. The smallest absolute Gasteiger partial charge is 0.326 e. The van der Waals surface area contributed by atoms with Gasteiger partial charge in [0, 0.05) is 31.7 Å². The average Bonchev–Trinajstić information content (AvgIpc) is 3.27. The molecule has 23 nitrogen and oxygen atoms in total. The lowest BCUT2D eigenvalue weighted by atomic mass is 9.97. The molecule has 0 saturated carbocycles. The Bertz CT molecular complexity index is 2120. The average molecular weight is 969 g/mol. The molecule has 0 aliphatic heterocycles. The van der Waals surface area contributed by atoms with E-state index in [-0.39, 0.29) is 25.7 Å². The Morgan fingerprint density at radius 1 is 0.464 bits per heavy atom. The van der Waals surface area contributed by atoms with Crippen LogP contribution in [0, 0.1) is 11.8 Å². The molecule has 2 aromatic carbocycles. The number of carbonyl (C=O) groups is 11. The third-order valence-corrected chi connectivity index (χ3v) is 10.6. The van der Waals surface area contributed by atoms with Crippen molar-refractivity contribution in [1.82, 2.24) is 37.2 Å². The van der Waals surface area contributed by atoms with E-state index in [2.05, 4.69) is 37.2 Å². The summed E-state index contributed by atoms with van der Waals surface area (Å²) in [5.74, 6) is -12.8. The molecular weight excluding hydrogens is 905 g/mol. The second-order valence-corrected chi connectivity index (χ2v) is 17.1. The summed E-state index contributed by atoms with van der Waals surface area (Å²) in [4.78, 5) is 140. The number of carboxylic acids is 4. The fourth-order valence-electron chi connectivity index (χ4n) is 6.74. The summed E-state index contributed by atoms with van der Waals surface area (Å²) in [7, 11) is 0. The number of hydrogen-bond donors (Lipinski definition) is 12. The number of amides is 7. The highest BCUT2D eigenvalue weighted by Gasteiger charge is 2.34. The van der Waals surface area contributed by atoms with Crippen molar-refractivity contribution in [3.05, 3.63) is 71.8 Å². The first-order chi connectivity index (χ1) is 32.4. The Morgan fingerprint density at radius 3 is 1.42 bits per heavy atom. The summed E-state index contributed by atoms with van der Waals surface area (Å²) in [6, 6.07) is 5.88. The largest absolute Gasteiger partial charge is 0.481 e. The molecule has 0 radical (unpaired) electrons. The third-order valence-electron chi connectivity index (χ3n) is 10.6. The molecule has 0 heterocycles. The van der Waals surface area contributed by atoms with Gasteiger partial charge in [-0.05, 0) is 49.1 Å². The van der Waals surface area contributed by atoms with E-state index in [1.165, 1.54) is 6.92 Å². The second kappa shape index (κ2) is 28.7. The number of nitrogens with two attached hydrogens (primary N) is 1. The highest BCUT2D eigenvalue weighted by Crippen LogP contribution is 2.12. The minimum atomic E-state index is -1.79. The van der Waals surface area contributed by atoms with Crippen LogP contribution in [-0.2, 0) is 65.6 Å². The minimum Gasteiger partial charge on any atom is -0.481 e. The van der Waals surface area contributed by atoms with E-state index < -0.39 is 151 Å². The van der Waals surface area contributed by atoms with Crippen LogP contribution in [0.5, 0.6) is 0 Å². The lowest BCUT2D eigenvalue weighted by molar-refractivity contribution is -0.143. The first-order valence-electron chi connectivity index (χ1n) is 22.2. The van der Waals surface area contributed by atoms with E-state index in [9.17, 15) is 68.1 Å². The van der Waals surface area contributed by atoms with Crippen molar-refractivity contribution in [3.8, 4) is 0 Å². The number of carboxylic acid groups (broad SMARTS) is 4. The summed E-state index contributed by atoms with van der Waals surface area (Å²) in [5, 5.41) is 54.8. The summed E-state index contributed by atoms with van der Waals surface area (Å²) in [6.07, 6.45) is -3.25. The molecule has 0 saturated heterocycles.